The summed E-state index contributed by atoms with van der Waals surface area (Å²) in [4.78, 5) is 168. The van der Waals surface area contributed by atoms with E-state index in [2.05, 4.69) is 75.8 Å². The highest BCUT2D eigenvalue weighted by molar-refractivity contribution is 9.12. The Balaban J connectivity index is 0.00000715. The summed E-state index contributed by atoms with van der Waals surface area (Å²) >= 11 is 7.92. The van der Waals surface area contributed by atoms with Crippen LogP contribution in [0.1, 0.15) is 211 Å². The Morgan fingerprint density at radius 3 is 2.13 bits per heavy atom. The van der Waals surface area contributed by atoms with Crippen molar-refractivity contribution >= 4 is 132 Å². The number of likely N-dealkylation sites (N-methyl/N-ethyl adjacent to an activating group) is 2. The number of ketones is 2. The zero-order chi connectivity index (χ0) is 92.1. The summed E-state index contributed by atoms with van der Waals surface area (Å²) in [5, 5.41) is 21.4. The van der Waals surface area contributed by atoms with Crippen LogP contribution in [0.15, 0.2) is 77.1 Å². The number of likely N-dealkylation sites (tertiary alicyclic amines) is 1. The Labute approximate surface area is 761 Å². The normalized spacial score (nSPS) is 17.0. The Bertz CT molecular complexity index is 4420. The van der Waals surface area contributed by atoms with E-state index in [1.54, 1.807) is 88.8 Å². The Morgan fingerprint density at radius 1 is 0.770 bits per heavy atom. The number of phenols is 1. The second-order valence-electron chi connectivity index (χ2n) is 32.8. The number of amides is 7. The number of aromatic hydroxyl groups is 1. The van der Waals surface area contributed by atoms with Gasteiger partial charge in [0.1, 0.15) is 32.8 Å². The van der Waals surface area contributed by atoms with E-state index in [9.17, 15) is 53.1 Å². The van der Waals surface area contributed by atoms with Crippen molar-refractivity contribution in [3.8, 4) is 23.0 Å². The maximum absolute atomic E-state index is 14.5. The van der Waals surface area contributed by atoms with Gasteiger partial charge in [0.05, 0.1) is 125 Å². The van der Waals surface area contributed by atoms with Gasteiger partial charge in [-0.2, -0.15) is 9.59 Å². The number of nitrogens with one attached hydrogen (secondary N) is 3. The molecule has 126 heavy (non-hydrogen) atoms. The number of anilines is 2. The highest BCUT2D eigenvalue weighted by atomic mass is 79.9. The molecule has 0 aliphatic carbocycles. The van der Waals surface area contributed by atoms with Crippen LogP contribution in [0, 0.1) is 24.7 Å². The van der Waals surface area contributed by atoms with Gasteiger partial charge >= 0.3 is 12.1 Å². The van der Waals surface area contributed by atoms with Gasteiger partial charge < -0.3 is 78.6 Å². The zero-order valence-electron chi connectivity index (χ0n) is 74.8. The van der Waals surface area contributed by atoms with E-state index in [1.165, 1.54) is 24.3 Å². The van der Waals surface area contributed by atoms with Crippen LogP contribution in [0.25, 0.3) is 0 Å². The number of halogens is 2. The molecule has 2 fully saturated rings. The summed E-state index contributed by atoms with van der Waals surface area (Å²) in [5.74, 6) is -1.83. The quantitative estimate of drug-likeness (QED) is 0.0105. The number of thiazole rings is 1. The number of hydrogen-bond donors (Lipinski definition) is 4. The van der Waals surface area contributed by atoms with Gasteiger partial charge in [-0.1, -0.05) is 116 Å². The number of Topliss-reactive ketones (excluding diaryl/α,β-unsaturated/α-hetero) is 2. The smallest absolute Gasteiger partial charge is 0.373 e. The number of aromatic nitrogens is 1. The molecule has 31 nitrogen and oxygen atoms in total. The predicted octanol–water partition coefficient (Wildman–Crippen LogP) is 12.7. The van der Waals surface area contributed by atoms with E-state index in [4.69, 9.17) is 47.5 Å². The maximum Gasteiger partial charge on any atom is 0.373 e. The van der Waals surface area contributed by atoms with Crippen molar-refractivity contribution in [2.24, 2.45) is 22.7 Å². The predicted molar refractivity (Wildman–Crippen MR) is 486 cm³/mol. The first-order valence-corrected chi connectivity index (χ1v) is 46.3. The van der Waals surface area contributed by atoms with Gasteiger partial charge in [-0.15, -0.1) is 11.3 Å². The molecule has 0 spiro atoms. The average molecular weight is 1900 g/mol. The number of ether oxygens (including phenoxy) is 8. The fourth-order valence-electron chi connectivity index (χ4n) is 15.6. The highest BCUT2D eigenvalue weighted by Crippen LogP contribution is 2.41. The lowest BCUT2D eigenvalue weighted by atomic mass is 9.83. The number of phenolic OH excluding ortho intramolecular Hbond substituents is 1. The van der Waals surface area contributed by atoms with Gasteiger partial charge in [-0.25, -0.2) is 4.98 Å². The monoisotopic (exact) mass is 1900 g/mol. The lowest BCUT2D eigenvalue weighted by Crippen LogP contribution is -2.48. The number of unbranched alkanes of at least 4 members (excludes halogenated alkanes) is 2. The number of piperidine rings is 1. The standard InChI is InChI=1S/C91H128Br2N10O19S.CO2/c1-14-23-64(96-86(110)71-56-123-88(98-71)81(122-62(9)104)51-73(57(3)4)101(12)90(113)66(60(7)15-2)48-77(107)72-25-17-18-32-99(72)10)46-63-27-28-75(105)70(47-63)97-82(108)29-37-117-42-43-119-39-31-94-87(111)85(93)84(92)76(106)26-22-34-116-40-41-118-38-30-83(109)102-33-21-24-58(5)54-100(11)89(112)68-45-61(8)78(52-74(68)102)120-35-19-16-20-36-121-80-50-69-67(49-79(80)115-13)91(114)103-55-59(6)44-65(103)53-95-69;2-1-3/h27-28,45,47,49-50,52-53,56-57,60,64-66,72-73,81,84-85,105H,5-6,14-26,29-44,46,48,51,54-55H2,1-4,7-13H3,(H,94,111)(H,96,110)(H,97,108);/t60-,64-,65-,66-,72+,73+,81+,84?,85?;/m0./s1. The molecular formula is C92H128Br2N10O21S. The number of rotatable bonds is 50. The number of fused-ring (bicyclic) bond motifs is 3. The van der Waals surface area contributed by atoms with Crippen molar-refractivity contribution < 1.29 is 101 Å². The lowest BCUT2D eigenvalue weighted by Gasteiger charge is -2.37. The summed E-state index contributed by atoms with van der Waals surface area (Å²) < 4.78 is 46.9. The van der Waals surface area contributed by atoms with Crippen molar-refractivity contribution in [1.82, 2.24) is 35.2 Å². The molecule has 692 valence electrons. The summed E-state index contributed by atoms with van der Waals surface area (Å²) in [6.45, 7) is 25.8. The number of methoxy groups -OCH3 is 1. The van der Waals surface area contributed by atoms with E-state index in [-0.39, 0.29) is 180 Å². The summed E-state index contributed by atoms with van der Waals surface area (Å²) in [5.41, 5.74) is 5.56. The first kappa shape index (κ1) is 104. The van der Waals surface area contributed by atoms with E-state index in [0.717, 1.165) is 67.3 Å². The topological polar surface area (TPSA) is 376 Å². The van der Waals surface area contributed by atoms with Crippen LogP contribution < -0.4 is 35.1 Å². The molecule has 4 aromatic rings. The fraction of sp³-hybridized carbons (Fsp3) is 0.598. The molecule has 0 saturated carbocycles. The molecule has 9 atom stereocenters. The van der Waals surface area contributed by atoms with Gasteiger partial charge in [0.2, 0.25) is 23.6 Å². The number of benzene rings is 3. The largest absolute Gasteiger partial charge is 0.506 e. The molecule has 3 aromatic carbocycles. The van der Waals surface area contributed by atoms with Crippen LogP contribution in [0.2, 0.25) is 0 Å². The number of carbonyl (C=O) groups excluding carboxylic acids is 12. The molecule has 7 amide bonds. The van der Waals surface area contributed by atoms with E-state index in [1.807, 2.05) is 48.6 Å². The van der Waals surface area contributed by atoms with Crippen LogP contribution in [-0.4, -0.2) is 262 Å². The zero-order valence-corrected chi connectivity index (χ0v) is 78.8. The van der Waals surface area contributed by atoms with Crippen LogP contribution in [0.4, 0.5) is 17.1 Å². The SMILES string of the molecule is C=C1CCCN(C(=O)CCOCCOCCCC(=O)C(Br)C(Br)C(=O)NCCOCCOCCC(=O)Nc2cc(C[C@H](CCC)NC(=O)c3csc([C@@H](C[C@H](C(C)C)N(C)C(=O)[C@@H](CC(=O)[C@H]4CCCCN4C)[C@@H](C)CC)OC(C)=O)n3)ccc2O)c2cc(OCCCCCOc3cc4c(cc3OC)C(=O)N3CC(=C)C[C@H]3C=N4)c(C)cc2C(=O)N(C)C1.O=C=O. The van der Waals surface area contributed by atoms with Crippen LogP contribution in [0.3, 0.4) is 0 Å². The molecule has 0 radical (unpaired) electrons. The second-order valence-corrected chi connectivity index (χ2v) is 35.6. The van der Waals surface area contributed by atoms with Gasteiger partial charge in [0, 0.05) is 115 Å². The Hall–Kier alpha value is -9.12. The summed E-state index contributed by atoms with van der Waals surface area (Å²) in [7, 11) is 7.00. The Kier molecular flexibility index (Phi) is 44.2. The van der Waals surface area contributed by atoms with Gasteiger partial charge in [0.15, 0.2) is 23.4 Å². The third kappa shape index (κ3) is 32.0. The van der Waals surface area contributed by atoms with Gasteiger partial charge in [-0.05, 0) is 138 Å². The van der Waals surface area contributed by atoms with Gasteiger partial charge in [-0.3, -0.25) is 57.8 Å². The van der Waals surface area contributed by atoms with Crippen LogP contribution in [-0.2, 0) is 73.3 Å². The Morgan fingerprint density at radius 2 is 1.46 bits per heavy atom. The first-order valence-electron chi connectivity index (χ1n) is 43.6. The maximum atomic E-state index is 14.5. The molecular weight excluding hydrogens is 1770 g/mol. The number of esters is 1. The third-order valence-corrected chi connectivity index (χ3v) is 26.4. The molecule has 4 aliphatic rings. The van der Waals surface area contributed by atoms with Crippen molar-refractivity contribution in [1.29, 1.82) is 0 Å². The third-order valence-electron chi connectivity index (χ3n) is 22.7. The van der Waals surface area contributed by atoms with Crippen molar-refractivity contribution in [3.63, 3.8) is 0 Å². The lowest BCUT2D eigenvalue weighted by molar-refractivity contribution is -0.192. The minimum atomic E-state index is -0.862. The molecule has 0 bridgehead atoms. The molecule has 4 aliphatic heterocycles. The van der Waals surface area contributed by atoms with Crippen molar-refractivity contribution in [2.75, 3.05) is 137 Å². The minimum Gasteiger partial charge on any atom is -0.506 e. The molecule has 1 aromatic heterocycles. The highest BCUT2D eigenvalue weighted by Gasteiger charge is 2.40. The van der Waals surface area contributed by atoms with E-state index >= 15 is 0 Å². The second kappa shape index (κ2) is 53.6. The summed E-state index contributed by atoms with van der Waals surface area (Å²) in [6, 6.07) is 10.8. The average Bonchev–Trinajstić information content (AvgIpc) is 1.29. The molecule has 34 heteroatoms. The molecule has 2 saturated heterocycles. The fourth-order valence-corrected chi connectivity index (χ4v) is 17.4. The molecule has 2 unspecified atom stereocenters. The van der Waals surface area contributed by atoms with Crippen molar-refractivity contribution in [2.45, 2.75) is 210 Å². The van der Waals surface area contributed by atoms with E-state index < -0.39 is 51.4 Å². The number of carbonyl (C=O) groups is 10. The van der Waals surface area contributed by atoms with Crippen LogP contribution >= 0.6 is 43.2 Å². The van der Waals surface area contributed by atoms with E-state index in [0.29, 0.717) is 129 Å². The molecule has 5 heterocycles. The number of aryl methyl sites for hydroxylation is 1. The molecule has 4 N–H and O–H groups in total. The summed E-state index contributed by atoms with van der Waals surface area (Å²) in [6.07, 6.45) is 11.5. The first-order chi connectivity index (χ1) is 60.3. The van der Waals surface area contributed by atoms with Crippen LogP contribution in [0.5, 0.6) is 23.0 Å². The molecule has 8 rings (SSSR count). The van der Waals surface area contributed by atoms with Gasteiger partial charge in [0.25, 0.3) is 17.7 Å². The number of nitrogens with zero attached hydrogens (tertiary/aromatic N) is 7. The minimum absolute atomic E-state index is 0.0280. The number of hydrogen-bond acceptors (Lipinski definition) is 25. The number of aliphatic imine (C=N–C) groups is 1. The number of alkyl halides is 2. The van der Waals surface area contributed by atoms with Crippen molar-refractivity contribution in [3.05, 3.63) is 105 Å².